The molecule has 0 bridgehead atoms. The van der Waals surface area contributed by atoms with Crippen LogP contribution < -0.4 is 5.48 Å². The van der Waals surface area contributed by atoms with Crippen LogP contribution in [0.1, 0.15) is 15.4 Å². The second-order valence-corrected chi connectivity index (χ2v) is 5.91. The minimum absolute atomic E-state index is 0.263. The third kappa shape index (κ3) is 2.53. The summed E-state index contributed by atoms with van der Waals surface area (Å²) in [4.78, 5) is 18.0. The van der Waals surface area contributed by atoms with Gasteiger partial charge in [0.25, 0.3) is 5.91 Å². The molecule has 0 saturated carbocycles. The maximum absolute atomic E-state index is 11.8. The molecule has 0 fully saturated rings. The molecule has 0 unspecified atom stereocenters. The third-order valence-electron chi connectivity index (χ3n) is 3.03. The molecule has 7 heteroatoms. The topological polar surface area (TPSA) is 56.1 Å². The van der Waals surface area contributed by atoms with Crippen molar-refractivity contribution in [1.29, 1.82) is 0 Å². The first-order valence-corrected chi connectivity index (χ1v) is 7.38. The van der Waals surface area contributed by atoms with Crippen LogP contribution in [0.3, 0.4) is 0 Å². The number of hydrogen-bond acceptors (Lipinski definition) is 4. The molecule has 0 radical (unpaired) electrons. The number of benzene rings is 1. The molecular formula is C14H12ClN3O2S. The molecule has 0 spiro atoms. The number of carbonyl (C=O) groups excluding carboxylic acids is 1. The van der Waals surface area contributed by atoms with E-state index in [4.69, 9.17) is 11.6 Å². The number of hydrogen-bond donors (Lipinski definition) is 1. The van der Waals surface area contributed by atoms with E-state index in [1.807, 2.05) is 41.9 Å². The summed E-state index contributed by atoms with van der Waals surface area (Å²) in [6, 6.07) is 9.23. The quantitative estimate of drug-likeness (QED) is 0.753. The molecule has 21 heavy (non-hydrogen) atoms. The van der Waals surface area contributed by atoms with Crippen molar-refractivity contribution in [2.75, 3.05) is 7.11 Å². The molecule has 0 aliphatic rings. The van der Waals surface area contributed by atoms with Crippen LogP contribution in [-0.2, 0) is 4.84 Å². The highest BCUT2D eigenvalue weighted by Crippen LogP contribution is 2.30. The van der Waals surface area contributed by atoms with Crippen molar-refractivity contribution in [2.45, 2.75) is 6.92 Å². The lowest BCUT2D eigenvalue weighted by Gasteiger charge is -2.02. The van der Waals surface area contributed by atoms with Crippen molar-refractivity contribution in [3.63, 3.8) is 0 Å². The first kappa shape index (κ1) is 14.1. The van der Waals surface area contributed by atoms with Gasteiger partial charge in [0.15, 0.2) is 0 Å². The van der Waals surface area contributed by atoms with Gasteiger partial charge in [-0.1, -0.05) is 11.6 Å². The van der Waals surface area contributed by atoms with Crippen LogP contribution in [0.2, 0.25) is 5.02 Å². The molecule has 3 rings (SSSR count). The molecular weight excluding hydrogens is 310 g/mol. The van der Waals surface area contributed by atoms with E-state index >= 15 is 0 Å². The number of aryl methyl sites for hydroxylation is 1. The van der Waals surface area contributed by atoms with Crippen molar-refractivity contribution in [2.24, 2.45) is 0 Å². The minimum atomic E-state index is -0.263. The van der Waals surface area contributed by atoms with E-state index in [0.29, 0.717) is 9.90 Å². The summed E-state index contributed by atoms with van der Waals surface area (Å²) < 4.78 is 1.81. The van der Waals surface area contributed by atoms with Crippen molar-refractivity contribution < 1.29 is 9.63 Å². The van der Waals surface area contributed by atoms with Gasteiger partial charge in [-0.2, -0.15) is 5.10 Å². The van der Waals surface area contributed by atoms with E-state index in [9.17, 15) is 4.79 Å². The van der Waals surface area contributed by atoms with Gasteiger partial charge in [-0.3, -0.25) is 9.63 Å². The van der Waals surface area contributed by atoms with Crippen molar-refractivity contribution in [1.82, 2.24) is 15.3 Å². The van der Waals surface area contributed by atoms with Crippen LogP contribution in [0.5, 0.6) is 0 Å². The fourth-order valence-corrected chi connectivity index (χ4v) is 3.25. The summed E-state index contributed by atoms with van der Waals surface area (Å²) in [5.74, 6) is -0.263. The summed E-state index contributed by atoms with van der Waals surface area (Å²) in [7, 11) is 1.41. The number of aromatic nitrogens is 2. The summed E-state index contributed by atoms with van der Waals surface area (Å²) in [6.07, 6.45) is 0. The van der Waals surface area contributed by atoms with Gasteiger partial charge in [-0.25, -0.2) is 10.2 Å². The van der Waals surface area contributed by atoms with E-state index in [0.717, 1.165) is 21.6 Å². The van der Waals surface area contributed by atoms with Gasteiger partial charge < -0.3 is 0 Å². The lowest BCUT2D eigenvalue weighted by Crippen LogP contribution is -2.20. The van der Waals surface area contributed by atoms with Gasteiger partial charge in [0.1, 0.15) is 4.83 Å². The second-order valence-electron chi connectivity index (χ2n) is 4.44. The Morgan fingerprint density at radius 1 is 1.38 bits per heavy atom. The molecule has 0 aliphatic carbocycles. The number of carbonyl (C=O) groups is 1. The van der Waals surface area contributed by atoms with E-state index < -0.39 is 0 Å². The van der Waals surface area contributed by atoms with Crippen LogP contribution >= 0.6 is 22.9 Å². The average molecular weight is 322 g/mol. The number of hydroxylamine groups is 1. The third-order valence-corrected chi connectivity index (χ3v) is 4.40. The Morgan fingerprint density at radius 2 is 2.10 bits per heavy atom. The number of fused-ring (bicyclic) bond motifs is 1. The second kappa shape index (κ2) is 5.48. The molecule has 0 aliphatic heterocycles. The number of nitrogens with zero attached hydrogens (tertiary/aromatic N) is 2. The summed E-state index contributed by atoms with van der Waals surface area (Å²) >= 11 is 7.28. The number of thiophene rings is 1. The molecule has 1 aromatic carbocycles. The summed E-state index contributed by atoms with van der Waals surface area (Å²) in [5, 5.41) is 6.14. The first-order valence-electron chi connectivity index (χ1n) is 6.18. The van der Waals surface area contributed by atoms with E-state index in [1.165, 1.54) is 18.4 Å². The Labute approximate surface area is 130 Å². The predicted molar refractivity (Wildman–Crippen MR) is 83.2 cm³/mol. The van der Waals surface area contributed by atoms with E-state index in [1.54, 1.807) is 0 Å². The van der Waals surface area contributed by atoms with Crippen molar-refractivity contribution in [3.05, 3.63) is 45.9 Å². The molecule has 5 nitrogen and oxygen atoms in total. The van der Waals surface area contributed by atoms with Crippen molar-refractivity contribution in [3.8, 4) is 5.69 Å². The molecule has 108 valence electrons. The van der Waals surface area contributed by atoms with Gasteiger partial charge in [-0.15, -0.1) is 11.3 Å². The SMILES string of the molecule is CONC(=O)c1cc2c(C)nn(-c3ccc(Cl)cc3)c2s1. The van der Waals surface area contributed by atoms with Crippen LogP contribution in [0.25, 0.3) is 15.9 Å². The Morgan fingerprint density at radius 3 is 2.76 bits per heavy atom. The Balaban J connectivity index is 2.11. The van der Waals surface area contributed by atoms with Gasteiger partial charge >= 0.3 is 0 Å². The monoisotopic (exact) mass is 321 g/mol. The van der Waals surface area contributed by atoms with Crippen LogP contribution in [-0.4, -0.2) is 22.8 Å². The molecule has 2 heterocycles. The largest absolute Gasteiger partial charge is 0.284 e. The number of nitrogens with one attached hydrogen (secondary N) is 1. The Hall–Kier alpha value is -1.89. The molecule has 1 amide bonds. The lowest BCUT2D eigenvalue weighted by atomic mass is 10.3. The van der Waals surface area contributed by atoms with Crippen molar-refractivity contribution >= 4 is 39.1 Å². The maximum atomic E-state index is 11.8. The van der Waals surface area contributed by atoms with E-state index in [-0.39, 0.29) is 5.91 Å². The number of rotatable bonds is 3. The number of amides is 1. The standard InChI is InChI=1S/C14H12ClN3O2S/c1-8-11-7-12(13(19)17-20-2)21-14(11)18(16-8)10-5-3-9(15)4-6-10/h3-7H,1-2H3,(H,17,19). The molecule has 0 atom stereocenters. The Bertz CT molecular complexity index is 808. The fourth-order valence-electron chi connectivity index (χ4n) is 2.06. The summed E-state index contributed by atoms with van der Waals surface area (Å²) in [5.41, 5.74) is 4.09. The number of halogens is 1. The van der Waals surface area contributed by atoms with Gasteiger partial charge in [0, 0.05) is 10.4 Å². The van der Waals surface area contributed by atoms with Crippen LogP contribution in [0.15, 0.2) is 30.3 Å². The van der Waals surface area contributed by atoms with E-state index in [2.05, 4.69) is 15.4 Å². The highest BCUT2D eigenvalue weighted by atomic mass is 35.5. The average Bonchev–Trinajstić information content (AvgIpc) is 3.01. The van der Waals surface area contributed by atoms with Crippen LogP contribution in [0, 0.1) is 6.92 Å². The zero-order valence-corrected chi connectivity index (χ0v) is 13.0. The Kier molecular flexibility index (Phi) is 3.67. The minimum Gasteiger partial charge on any atom is -0.277 e. The molecule has 3 aromatic rings. The molecule has 0 saturated heterocycles. The zero-order valence-electron chi connectivity index (χ0n) is 11.4. The van der Waals surface area contributed by atoms with Gasteiger partial charge in [-0.05, 0) is 37.3 Å². The normalized spacial score (nSPS) is 11.0. The smallest absolute Gasteiger partial charge is 0.277 e. The molecule has 2 aromatic heterocycles. The highest BCUT2D eigenvalue weighted by Gasteiger charge is 2.17. The molecule has 1 N–H and O–H groups in total. The van der Waals surface area contributed by atoms with Crippen LogP contribution in [0.4, 0.5) is 0 Å². The summed E-state index contributed by atoms with van der Waals surface area (Å²) in [6.45, 7) is 1.92. The first-order chi connectivity index (χ1) is 10.1. The zero-order chi connectivity index (χ0) is 15.0. The predicted octanol–water partition coefficient (Wildman–Crippen LogP) is 3.34. The lowest BCUT2D eigenvalue weighted by molar-refractivity contribution is 0.0542. The fraction of sp³-hybridized carbons (Fsp3) is 0.143. The highest BCUT2D eigenvalue weighted by molar-refractivity contribution is 7.20. The van der Waals surface area contributed by atoms with Gasteiger partial charge in [0.2, 0.25) is 0 Å². The van der Waals surface area contributed by atoms with Gasteiger partial charge in [0.05, 0.1) is 23.4 Å². The maximum Gasteiger partial charge on any atom is 0.284 e.